The molecular formula is C35H58O2. The van der Waals surface area contributed by atoms with E-state index in [1.54, 1.807) is 5.57 Å². The zero-order valence-corrected chi connectivity index (χ0v) is 25.7. The summed E-state index contributed by atoms with van der Waals surface area (Å²) in [6.45, 7) is 20.4. The largest absolute Gasteiger partial charge is 0.495 e. The summed E-state index contributed by atoms with van der Waals surface area (Å²) >= 11 is 0. The van der Waals surface area contributed by atoms with Crippen LogP contribution in [0.15, 0.2) is 11.3 Å². The van der Waals surface area contributed by atoms with E-state index in [0.29, 0.717) is 10.8 Å². The van der Waals surface area contributed by atoms with Crippen LogP contribution in [-0.4, -0.2) is 16.8 Å². The first kappa shape index (κ1) is 31.8. The maximum atomic E-state index is 10.3. The van der Waals surface area contributed by atoms with E-state index in [9.17, 15) is 5.11 Å². The standard InChI is InChI=1S/C29H48O2.C2H6.2C2H2/c1-18-9-8-14-28-21(4)29(28)16-15-27(7,19(2)24(29)13-12-23(18)28)25-11-10-22(31-20(25)3)17-26(5,6)30;3*1-2/h18-19,21-24,30H,8-17H2,1-7H3;1-2H3;2*1-2H/t18?,19?,21-,22-,23?,24+,27+,28?,29+;;;/m1.../s1. The molecule has 4 fully saturated rings. The maximum Gasteiger partial charge on any atom is 0.101 e. The van der Waals surface area contributed by atoms with Crippen LogP contribution in [0.2, 0.25) is 0 Å². The highest BCUT2D eigenvalue weighted by Crippen LogP contribution is 2.87. The van der Waals surface area contributed by atoms with Crippen molar-refractivity contribution in [3.05, 3.63) is 11.3 Å². The van der Waals surface area contributed by atoms with Crippen LogP contribution < -0.4 is 0 Å². The molecule has 1 N–H and O–H groups in total. The Morgan fingerprint density at radius 3 is 2.03 bits per heavy atom. The van der Waals surface area contributed by atoms with Gasteiger partial charge in [0.25, 0.3) is 0 Å². The quantitative estimate of drug-likeness (QED) is 0.384. The van der Waals surface area contributed by atoms with Crippen molar-refractivity contribution in [1.29, 1.82) is 0 Å². The van der Waals surface area contributed by atoms with Crippen LogP contribution in [0.4, 0.5) is 0 Å². The molecule has 0 aromatic heterocycles. The summed E-state index contributed by atoms with van der Waals surface area (Å²) in [6, 6.07) is 0. The Balaban J connectivity index is 0.000000750. The van der Waals surface area contributed by atoms with Gasteiger partial charge in [-0.05, 0) is 117 Å². The molecule has 4 aliphatic carbocycles. The molecule has 0 aromatic rings. The molecule has 210 valence electrons. The second-order valence-corrected chi connectivity index (χ2v) is 13.5. The lowest BCUT2D eigenvalue weighted by Gasteiger charge is -2.57. The second-order valence-electron chi connectivity index (χ2n) is 13.5. The Morgan fingerprint density at radius 1 is 0.892 bits per heavy atom. The number of terminal acetylenes is 2. The summed E-state index contributed by atoms with van der Waals surface area (Å²) in [6.07, 6.45) is 29.3. The van der Waals surface area contributed by atoms with Gasteiger partial charge >= 0.3 is 0 Å². The lowest BCUT2D eigenvalue weighted by atomic mass is 9.47. The summed E-state index contributed by atoms with van der Waals surface area (Å²) in [5, 5.41) is 10.3. The SMILES string of the molecule is C#C.C#C.CC.CC1=C([C@@]2(C)CC[C@@]34[C@H](C)C35CCCC(C)C5CC[C@H]4C2C)CC[C@H](CC(C)(C)O)O1. The first-order valence-corrected chi connectivity index (χ1v) is 15.2. The van der Waals surface area contributed by atoms with Crippen LogP contribution in [0, 0.1) is 71.5 Å². The molecule has 0 saturated heterocycles. The van der Waals surface area contributed by atoms with Gasteiger partial charge < -0.3 is 9.84 Å². The van der Waals surface area contributed by atoms with Crippen molar-refractivity contribution >= 4 is 0 Å². The average molecular weight is 511 g/mol. The van der Waals surface area contributed by atoms with E-state index in [-0.39, 0.29) is 11.5 Å². The molecule has 0 radical (unpaired) electrons. The van der Waals surface area contributed by atoms with Crippen molar-refractivity contribution in [2.24, 2.45) is 45.8 Å². The highest BCUT2D eigenvalue weighted by molar-refractivity contribution is 5.32. The maximum absolute atomic E-state index is 10.3. The molecular weight excluding hydrogens is 452 g/mol. The van der Waals surface area contributed by atoms with Crippen LogP contribution in [0.25, 0.3) is 0 Å². The Bertz CT molecular complexity index is 836. The molecule has 4 saturated carbocycles. The Morgan fingerprint density at radius 2 is 1.46 bits per heavy atom. The molecule has 4 unspecified atom stereocenters. The molecule has 2 heteroatoms. The van der Waals surface area contributed by atoms with Crippen LogP contribution in [0.3, 0.4) is 0 Å². The fourth-order valence-corrected chi connectivity index (χ4v) is 10.6. The topological polar surface area (TPSA) is 29.5 Å². The minimum Gasteiger partial charge on any atom is -0.495 e. The third-order valence-corrected chi connectivity index (χ3v) is 11.9. The normalized spacial score (nSPS) is 43.8. The van der Waals surface area contributed by atoms with Crippen LogP contribution in [0.1, 0.15) is 127 Å². The Labute approximate surface area is 230 Å². The summed E-state index contributed by atoms with van der Waals surface area (Å²) in [5.74, 6) is 5.73. The van der Waals surface area contributed by atoms with Crippen molar-refractivity contribution < 1.29 is 9.84 Å². The van der Waals surface area contributed by atoms with Crippen LogP contribution in [-0.2, 0) is 4.74 Å². The molecule has 1 heterocycles. The first-order chi connectivity index (χ1) is 17.5. The van der Waals surface area contributed by atoms with Crippen molar-refractivity contribution in [2.45, 2.75) is 138 Å². The van der Waals surface area contributed by atoms with Crippen molar-refractivity contribution in [3.8, 4) is 25.7 Å². The van der Waals surface area contributed by atoms with E-state index in [1.165, 1.54) is 50.7 Å². The third-order valence-electron chi connectivity index (χ3n) is 11.9. The number of hydrogen-bond donors (Lipinski definition) is 1. The molecule has 37 heavy (non-hydrogen) atoms. The predicted octanol–water partition coefficient (Wildman–Crippen LogP) is 9.03. The van der Waals surface area contributed by atoms with Gasteiger partial charge in [0.15, 0.2) is 0 Å². The first-order valence-electron chi connectivity index (χ1n) is 15.2. The van der Waals surface area contributed by atoms with E-state index in [0.717, 1.165) is 48.9 Å². The Kier molecular flexibility index (Phi) is 10.1. The molecule has 0 amide bonds. The van der Waals surface area contributed by atoms with Crippen molar-refractivity contribution in [1.82, 2.24) is 0 Å². The van der Waals surface area contributed by atoms with E-state index >= 15 is 0 Å². The van der Waals surface area contributed by atoms with Gasteiger partial charge in [0.2, 0.25) is 0 Å². The Hall–Kier alpha value is -1.38. The van der Waals surface area contributed by atoms with Gasteiger partial charge in [-0.15, -0.1) is 25.7 Å². The van der Waals surface area contributed by atoms with Gasteiger partial charge in [-0.2, -0.15) is 0 Å². The smallest absolute Gasteiger partial charge is 0.101 e. The van der Waals surface area contributed by atoms with Gasteiger partial charge in [0.1, 0.15) is 6.10 Å². The van der Waals surface area contributed by atoms with Gasteiger partial charge in [0.05, 0.1) is 11.4 Å². The van der Waals surface area contributed by atoms with Gasteiger partial charge in [-0.3, -0.25) is 0 Å². The van der Waals surface area contributed by atoms with Gasteiger partial charge in [0, 0.05) is 6.42 Å². The van der Waals surface area contributed by atoms with Crippen molar-refractivity contribution in [2.75, 3.05) is 0 Å². The number of ether oxygens (including phenoxy) is 1. The molecule has 5 rings (SSSR count). The fraction of sp³-hybridized carbons (Fsp3) is 0.829. The molecule has 1 aliphatic heterocycles. The molecule has 0 aromatic carbocycles. The summed E-state index contributed by atoms with van der Waals surface area (Å²) in [5.41, 5.74) is 2.59. The summed E-state index contributed by atoms with van der Waals surface area (Å²) in [7, 11) is 0. The fourth-order valence-electron chi connectivity index (χ4n) is 10.6. The zero-order valence-electron chi connectivity index (χ0n) is 25.7. The third kappa shape index (κ3) is 4.91. The average Bonchev–Trinajstić information content (AvgIpc) is 3.40. The van der Waals surface area contributed by atoms with E-state index < -0.39 is 5.60 Å². The van der Waals surface area contributed by atoms with Crippen LogP contribution in [0.5, 0.6) is 0 Å². The predicted molar refractivity (Wildman–Crippen MR) is 159 cm³/mol. The van der Waals surface area contributed by atoms with E-state index in [4.69, 9.17) is 4.74 Å². The molecule has 2 spiro atoms. The van der Waals surface area contributed by atoms with Gasteiger partial charge in [-0.1, -0.05) is 54.4 Å². The number of hydrogen-bond acceptors (Lipinski definition) is 2. The monoisotopic (exact) mass is 510 g/mol. The molecule has 9 atom stereocenters. The minimum absolute atomic E-state index is 0.170. The molecule has 2 nitrogen and oxygen atoms in total. The van der Waals surface area contributed by atoms with Gasteiger partial charge in [-0.25, -0.2) is 0 Å². The minimum atomic E-state index is -0.650. The summed E-state index contributed by atoms with van der Waals surface area (Å²) in [4.78, 5) is 0. The number of aliphatic hydroxyl groups is 1. The van der Waals surface area contributed by atoms with Crippen molar-refractivity contribution in [3.63, 3.8) is 0 Å². The van der Waals surface area contributed by atoms with E-state index in [1.807, 2.05) is 27.7 Å². The lowest BCUT2D eigenvalue weighted by Crippen LogP contribution is -2.50. The van der Waals surface area contributed by atoms with E-state index in [2.05, 4.69) is 60.3 Å². The molecule has 5 aliphatic rings. The highest BCUT2D eigenvalue weighted by Gasteiger charge is 2.81. The zero-order chi connectivity index (χ0) is 28.4. The highest BCUT2D eigenvalue weighted by atomic mass is 16.5. The number of rotatable bonds is 3. The number of allylic oxidation sites excluding steroid dienone is 2. The lowest BCUT2D eigenvalue weighted by molar-refractivity contribution is -0.0646. The van der Waals surface area contributed by atoms with Crippen LogP contribution >= 0.6 is 0 Å². The second kappa shape index (κ2) is 11.8. The summed E-state index contributed by atoms with van der Waals surface area (Å²) < 4.78 is 6.45. The molecule has 0 bridgehead atoms.